The van der Waals surface area contributed by atoms with Crippen molar-refractivity contribution in [1.29, 1.82) is 0 Å². The molecule has 1 heteroatoms. The Bertz CT molecular complexity index is 176. The standard InChI is InChI=1S/C7H7Cl.C2H4/c1-6-3-2-4-7(8)5-6;1-2/h2-5H,1H3;1-2H2. The van der Waals surface area contributed by atoms with E-state index in [-0.39, 0.29) is 0 Å². The first kappa shape index (κ1) is 9.25. The Morgan fingerprint density at radius 2 is 1.90 bits per heavy atom. The molecule has 0 nitrogen and oxygen atoms in total. The number of benzene rings is 1. The molecule has 0 spiro atoms. The normalized spacial score (nSPS) is 7.80. The fourth-order valence-electron chi connectivity index (χ4n) is 0.606. The van der Waals surface area contributed by atoms with E-state index in [9.17, 15) is 0 Å². The van der Waals surface area contributed by atoms with E-state index in [1.165, 1.54) is 5.56 Å². The van der Waals surface area contributed by atoms with Gasteiger partial charge >= 0.3 is 0 Å². The Kier molecular flexibility index (Phi) is 4.69. The monoisotopic (exact) mass is 154 g/mol. The second-order valence-electron chi connectivity index (χ2n) is 1.80. The Morgan fingerprint density at radius 1 is 1.30 bits per heavy atom. The lowest BCUT2D eigenvalue weighted by Gasteiger charge is -1.88. The number of hydrogen-bond acceptors (Lipinski definition) is 0. The Balaban J connectivity index is 0.000000371. The van der Waals surface area contributed by atoms with Crippen molar-refractivity contribution in [2.75, 3.05) is 0 Å². The largest absolute Gasteiger partial charge is 0.106 e. The molecule has 0 radical (unpaired) electrons. The van der Waals surface area contributed by atoms with Crippen LogP contribution in [0.2, 0.25) is 5.02 Å². The van der Waals surface area contributed by atoms with E-state index < -0.39 is 0 Å². The van der Waals surface area contributed by atoms with Crippen molar-refractivity contribution < 1.29 is 0 Å². The van der Waals surface area contributed by atoms with E-state index >= 15 is 0 Å². The maximum Gasteiger partial charge on any atom is 0.0408 e. The summed E-state index contributed by atoms with van der Waals surface area (Å²) in [6, 6.07) is 7.76. The molecule has 1 aromatic carbocycles. The van der Waals surface area contributed by atoms with Crippen LogP contribution in [0.15, 0.2) is 37.4 Å². The lowest BCUT2D eigenvalue weighted by atomic mass is 10.2. The van der Waals surface area contributed by atoms with Gasteiger partial charge in [-0.1, -0.05) is 23.7 Å². The predicted molar refractivity (Wildman–Crippen MR) is 47.4 cm³/mol. The van der Waals surface area contributed by atoms with Gasteiger partial charge in [-0.25, -0.2) is 0 Å². The highest BCUT2D eigenvalue weighted by atomic mass is 35.5. The van der Waals surface area contributed by atoms with Gasteiger partial charge in [0.1, 0.15) is 0 Å². The van der Waals surface area contributed by atoms with E-state index in [0.29, 0.717) is 0 Å². The highest BCUT2D eigenvalue weighted by Crippen LogP contribution is 2.08. The van der Waals surface area contributed by atoms with Crippen molar-refractivity contribution in [2.24, 2.45) is 0 Å². The third-order valence-corrected chi connectivity index (χ3v) is 1.22. The van der Waals surface area contributed by atoms with Gasteiger partial charge in [-0.3, -0.25) is 0 Å². The number of rotatable bonds is 0. The molecule has 10 heavy (non-hydrogen) atoms. The molecule has 0 aliphatic heterocycles. The van der Waals surface area contributed by atoms with E-state index in [2.05, 4.69) is 13.2 Å². The molecule has 0 saturated heterocycles. The molecule has 1 rings (SSSR count). The van der Waals surface area contributed by atoms with E-state index in [1.807, 2.05) is 31.2 Å². The van der Waals surface area contributed by atoms with E-state index in [0.717, 1.165) is 5.02 Å². The van der Waals surface area contributed by atoms with Crippen LogP contribution in [0.25, 0.3) is 0 Å². The Morgan fingerprint density at radius 3 is 2.20 bits per heavy atom. The minimum atomic E-state index is 0.810. The van der Waals surface area contributed by atoms with Crippen molar-refractivity contribution in [1.82, 2.24) is 0 Å². The summed E-state index contributed by atoms with van der Waals surface area (Å²) in [4.78, 5) is 0. The second-order valence-corrected chi connectivity index (χ2v) is 2.24. The molecule has 0 fully saturated rings. The third kappa shape index (κ3) is 3.31. The minimum Gasteiger partial charge on any atom is -0.106 e. The summed E-state index contributed by atoms with van der Waals surface area (Å²) < 4.78 is 0. The van der Waals surface area contributed by atoms with Crippen LogP contribution >= 0.6 is 11.6 Å². The maximum atomic E-state index is 5.64. The minimum absolute atomic E-state index is 0.810. The van der Waals surface area contributed by atoms with Gasteiger partial charge in [-0.05, 0) is 24.6 Å². The zero-order chi connectivity index (χ0) is 7.98. The van der Waals surface area contributed by atoms with Crippen LogP contribution in [0.1, 0.15) is 5.56 Å². The van der Waals surface area contributed by atoms with Gasteiger partial charge in [0, 0.05) is 5.02 Å². The summed E-state index contributed by atoms with van der Waals surface area (Å²) in [7, 11) is 0. The lowest BCUT2D eigenvalue weighted by molar-refractivity contribution is 1.47. The number of hydrogen-bond donors (Lipinski definition) is 0. The smallest absolute Gasteiger partial charge is 0.0408 e. The van der Waals surface area contributed by atoms with Crippen molar-refractivity contribution >= 4 is 11.6 Å². The van der Waals surface area contributed by atoms with Crippen molar-refractivity contribution in [2.45, 2.75) is 6.92 Å². The fraction of sp³-hybridized carbons (Fsp3) is 0.111. The molecular formula is C9H11Cl. The molecule has 0 aliphatic rings. The van der Waals surface area contributed by atoms with Gasteiger partial charge in [0.05, 0.1) is 0 Å². The summed E-state index contributed by atoms with van der Waals surface area (Å²) in [5.41, 5.74) is 1.21. The van der Waals surface area contributed by atoms with Crippen LogP contribution in [0.5, 0.6) is 0 Å². The molecule has 0 bridgehead atoms. The van der Waals surface area contributed by atoms with Gasteiger partial charge in [0.25, 0.3) is 0 Å². The van der Waals surface area contributed by atoms with Crippen molar-refractivity contribution in [3.05, 3.63) is 48.0 Å². The van der Waals surface area contributed by atoms with Crippen LogP contribution in [0.3, 0.4) is 0 Å². The number of halogens is 1. The lowest BCUT2D eigenvalue weighted by Crippen LogP contribution is -1.66. The first-order valence-corrected chi connectivity index (χ1v) is 3.39. The van der Waals surface area contributed by atoms with Gasteiger partial charge in [0.15, 0.2) is 0 Å². The average Bonchev–Trinajstić information content (AvgIpc) is 1.91. The Hall–Kier alpha value is -0.750. The van der Waals surface area contributed by atoms with Crippen LogP contribution in [0.4, 0.5) is 0 Å². The summed E-state index contributed by atoms with van der Waals surface area (Å²) in [6.07, 6.45) is 0. The molecule has 0 saturated carbocycles. The van der Waals surface area contributed by atoms with Crippen LogP contribution in [-0.2, 0) is 0 Å². The average molecular weight is 155 g/mol. The molecule has 1 aromatic rings. The summed E-state index contributed by atoms with van der Waals surface area (Å²) in [5, 5.41) is 0.810. The van der Waals surface area contributed by atoms with Gasteiger partial charge < -0.3 is 0 Å². The van der Waals surface area contributed by atoms with Crippen molar-refractivity contribution in [3.8, 4) is 0 Å². The quantitative estimate of drug-likeness (QED) is 0.502. The van der Waals surface area contributed by atoms with Crippen LogP contribution in [-0.4, -0.2) is 0 Å². The molecule has 54 valence electrons. The fourth-order valence-corrected chi connectivity index (χ4v) is 0.850. The predicted octanol–water partition coefficient (Wildman–Crippen LogP) is 3.45. The first-order valence-electron chi connectivity index (χ1n) is 3.01. The summed E-state index contributed by atoms with van der Waals surface area (Å²) >= 11 is 5.64. The van der Waals surface area contributed by atoms with Crippen LogP contribution in [0, 0.1) is 6.92 Å². The maximum absolute atomic E-state index is 5.64. The zero-order valence-corrected chi connectivity index (χ0v) is 6.86. The second kappa shape index (κ2) is 5.07. The van der Waals surface area contributed by atoms with Gasteiger partial charge in [0.2, 0.25) is 0 Å². The molecule has 0 unspecified atom stereocenters. The SMILES string of the molecule is C=C.Cc1cccc(Cl)c1. The van der Waals surface area contributed by atoms with Gasteiger partial charge in [-0.15, -0.1) is 13.2 Å². The first-order chi connectivity index (χ1) is 4.79. The van der Waals surface area contributed by atoms with E-state index in [4.69, 9.17) is 11.6 Å². The molecule has 0 atom stereocenters. The van der Waals surface area contributed by atoms with Crippen molar-refractivity contribution in [3.63, 3.8) is 0 Å². The van der Waals surface area contributed by atoms with E-state index in [1.54, 1.807) is 0 Å². The molecular weight excluding hydrogens is 144 g/mol. The highest BCUT2D eigenvalue weighted by Gasteiger charge is 1.82. The zero-order valence-electron chi connectivity index (χ0n) is 6.10. The third-order valence-electron chi connectivity index (χ3n) is 0.980. The topological polar surface area (TPSA) is 0 Å². The van der Waals surface area contributed by atoms with Gasteiger partial charge in [-0.2, -0.15) is 0 Å². The summed E-state index contributed by atoms with van der Waals surface area (Å²) in [5.74, 6) is 0. The summed E-state index contributed by atoms with van der Waals surface area (Å²) in [6.45, 7) is 8.02. The molecule has 0 heterocycles. The Labute approximate surface area is 67.1 Å². The van der Waals surface area contributed by atoms with Crippen LogP contribution < -0.4 is 0 Å². The molecule has 0 N–H and O–H groups in total. The molecule has 0 amide bonds. The molecule has 0 aromatic heterocycles. The number of aryl methyl sites for hydroxylation is 1. The highest BCUT2D eigenvalue weighted by molar-refractivity contribution is 6.30. The molecule has 0 aliphatic carbocycles.